The molecular formula is C19H25F3N2O4. The first kappa shape index (κ1) is 21.8. The summed E-state index contributed by atoms with van der Waals surface area (Å²) >= 11 is 0. The van der Waals surface area contributed by atoms with Crippen molar-refractivity contribution in [2.24, 2.45) is 0 Å². The minimum atomic E-state index is -4.82. The Kier molecular flexibility index (Phi) is 5.60. The Morgan fingerprint density at radius 1 is 0.964 bits per heavy atom. The van der Waals surface area contributed by atoms with Gasteiger partial charge in [-0.1, -0.05) is 18.2 Å². The van der Waals surface area contributed by atoms with Crippen LogP contribution in [0.15, 0.2) is 24.3 Å². The summed E-state index contributed by atoms with van der Waals surface area (Å²) in [7, 11) is 0. The van der Waals surface area contributed by atoms with E-state index in [0.717, 1.165) is 0 Å². The second-order valence-corrected chi connectivity index (χ2v) is 8.52. The van der Waals surface area contributed by atoms with E-state index < -0.39 is 41.6 Å². The van der Waals surface area contributed by atoms with Gasteiger partial charge in [0, 0.05) is 5.56 Å². The fourth-order valence-electron chi connectivity index (χ4n) is 2.89. The Morgan fingerprint density at radius 2 is 1.50 bits per heavy atom. The lowest BCUT2D eigenvalue weighted by molar-refractivity contribution is -0.153. The number of hydrogen-bond donors (Lipinski definition) is 1. The molecule has 0 saturated carbocycles. The normalized spacial score (nSPS) is 19.8. The lowest BCUT2D eigenvalue weighted by Crippen LogP contribution is -2.53. The zero-order chi connectivity index (χ0) is 21.5. The summed E-state index contributed by atoms with van der Waals surface area (Å²) in [6.45, 7) is 9.49. The molecule has 1 heterocycles. The highest BCUT2D eigenvalue weighted by atomic mass is 19.4. The maximum absolute atomic E-state index is 14.0. The van der Waals surface area contributed by atoms with Crippen LogP contribution in [0.5, 0.6) is 0 Å². The molecule has 1 aliphatic heterocycles. The molecule has 9 heteroatoms. The summed E-state index contributed by atoms with van der Waals surface area (Å²) in [5.74, 6) is 0. The van der Waals surface area contributed by atoms with Gasteiger partial charge in [-0.15, -0.1) is 0 Å². The van der Waals surface area contributed by atoms with Crippen molar-refractivity contribution >= 4 is 17.9 Å². The fraction of sp³-hybridized carbons (Fsp3) is 0.579. The third kappa shape index (κ3) is 5.08. The largest absolute Gasteiger partial charge is 0.444 e. The van der Waals surface area contributed by atoms with E-state index in [2.05, 4.69) is 5.32 Å². The highest BCUT2D eigenvalue weighted by Gasteiger charge is 2.57. The molecular weight excluding hydrogens is 377 g/mol. The van der Waals surface area contributed by atoms with Crippen molar-refractivity contribution in [2.45, 2.75) is 71.0 Å². The molecule has 156 valence electrons. The van der Waals surface area contributed by atoms with Gasteiger partial charge in [0.25, 0.3) is 0 Å². The minimum Gasteiger partial charge on any atom is -0.444 e. The molecule has 28 heavy (non-hydrogen) atoms. The maximum atomic E-state index is 14.0. The first-order valence-electron chi connectivity index (χ1n) is 8.77. The van der Waals surface area contributed by atoms with Crippen molar-refractivity contribution in [1.82, 2.24) is 5.32 Å². The van der Waals surface area contributed by atoms with Gasteiger partial charge in [0.15, 0.2) is 6.04 Å². The monoisotopic (exact) mass is 402 g/mol. The number of benzene rings is 1. The minimum absolute atomic E-state index is 0.0279. The standard InChI is InChI=1S/C19H25F3N2O4/c1-17(2,3)27-15(25)23-13-11-9-7-8-10-12(11)24(14(13)19(20,21)22)16(26)28-18(4,5)6/h7-10,13-14H,1-6H3,(H,23,25)/t13-,14-/m1/s1. The quantitative estimate of drug-likeness (QED) is 0.723. The summed E-state index contributed by atoms with van der Waals surface area (Å²) in [5, 5.41) is 2.27. The number of halogens is 3. The van der Waals surface area contributed by atoms with Gasteiger partial charge in [0.1, 0.15) is 11.2 Å². The summed E-state index contributed by atoms with van der Waals surface area (Å²) in [4.78, 5) is 25.3. The van der Waals surface area contributed by atoms with E-state index in [1.54, 1.807) is 41.5 Å². The van der Waals surface area contributed by atoms with E-state index in [0.29, 0.717) is 4.90 Å². The van der Waals surface area contributed by atoms with E-state index in [4.69, 9.17) is 9.47 Å². The van der Waals surface area contributed by atoms with Crippen molar-refractivity contribution in [3.05, 3.63) is 29.8 Å². The SMILES string of the molecule is CC(C)(C)OC(=O)N[C@@H]1c2ccccc2N(C(=O)OC(C)(C)C)[C@H]1C(F)(F)F. The number of alkyl halides is 3. The van der Waals surface area contributed by atoms with Gasteiger partial charge >= 0.3 is 18.4 Å². The Balaban J connectivity index is 2.47. The van der Waals surface area contributed by atoms with Gasteiger partial charge in [0.05, 0.1) is 11.7 Å². The molecule has 1 aliphatic rings. The first-order chi connectivity index (χ1) is 12.6. The van der Waals surface area contributed by atoms with Gasteiger partial charge < -0.3 is 14.8 Å². The Bertz CT molecular complexity index is 751. The number of carbonyl (C=O) groups is 2. The van der Waals surface area contributed by atoms with Gasteiger partial charge in [0.2, 0.25) is 0 Å². The van der Waals surface area contributed by atoms with Crippen molar-refractivity contribution < 1.29 is 32.2 Å². The van der Waals surface area contributed by atoms with Crippen LogP contribution in [0.4, 0.5) is 28.4 Å². The van der Waals surface area contributed by atoms with Gasteiger partial charge in [-0.2, -0.15) is 13.2 Å². The molecule has 0 saturated heterocycles. The van der Waals surface area contributed by atoms with Crippen molar-refractivity contribution in [3.63, 3.8) is 0 Å². The average molecular weight is 402 g/mol. The van der Waals surface area contributed by atoms with Gasteiger partial charge in [-0.25, -0.2) is 9.59 Å². The van der Waals surface area contributed by atoms with Crippen molar-refractivity contribution in [1.29, 1.82) is 0 Å². The molecule has 2 amide bonds. The summed E-state index contributed by atoms with van der Waals surface area (Å²) in [5.41, 5.74) is -1.69. The number of hydrogen-bond acceptors (Lipinski definition) is 4. The highest BCUT2D eigenvalue weighted by Crippen LogP contribution is 2.46. The van der Waals surface area contributed by atoms with E-state index in [-0.39, 0.29) is 11.3 Å². The van der Waals surface area contributed by atoms with Crippen molar-refractivity contribution in [2.75, 3.05) is 4.90 Å². The number of ether oxygens (including phenoxy) is 2. The van der Waals surface area contributed by atoms with Crippen LogP contribution >= 0.6 is 0 Å². The molecule has 1 aromatic rings. The molecule has 2 atom stereocenters. The van der Waals surface area contributed by atoms with E-state index in [1.807, 2.05) is 0 Å². The molecule has 0 aromatic heterocycles. The number of fused-ring (bicyclic) bond motifs is 1. The molecule has 1 N–H and O–H groups in total. The van der Waals surface area contributed by atoms with Gasteiger partial charge in [-0.05, 0) is 47.6 Å². The molecule has 6 nitrogen and oxygen atoms in total. The molecule has 0 spiro atoms. The van der Waals surface area contributed by atoms with Crippen LogP contribution in [0, 0.1) is 0 Å². The zero-order valence-corrected chi connectivity index (χ0v) is 16.7. The first-order valence-corrected chi connectivity index (χ1v) is 8.77. The third-order valence-corrected chi connectivity index (χ3v) is 3.72. The highest BCUT2D eigenvalue weighted by molar-refractivity contribution is 5.92. The number of nitrogens with zero attached hydrogens (tertiary/aromatic N) is 1. The average Bonchev–Trinajstić information content (AvgIpc) is 2.78. The number of carbonyl (C=O) groups excluding carboxylic acids is 2. The number of alkyl carbamates (subject to hydrolysis) is 1. The summed E-state index contributed by atoms with van der Waals surface area (Å²) in [6, 6.07) is 2.01. The van der Waals surface area contributed by atoms with Crippen LogP contribution in [-0.2, 0) is 9.47 Å². The topological polar surface area (TPSA) is 67.9 Å². The lowest BCUT2D eigenvalue weighted by Gasteiger charge is -2.32. The predicted octanol–water partition coefficient (Wildman–Crippen LogP) is 4.94. The number of rotatable bonds is 1. The number of amides is 2. The Hall–Kier alpha value is -2.45. The molecule has 0 aliphatic carbocycles. The molecule has 0 radical (unpaired) electrons. The molecule has 0 unspecified atom stereocenters. The van der Waals surface area contributed by atoms with Gasteiger partial charge in [-0.3, -0.25) is 4.90 Å². The second-order valence-electron chi connectivity index (χ2n) is 8.52. The smallest absolute Gasteiger partial charge is 0.415 e. The second kappa shape index (κ2) is 7.18. The van der Waals surface area contributed by atoms with Crippen LogP contribution < -0.4 is 10.2 Å². The van der Waals surface area contributed by atoms with Crippen LogP contribution in [-0.4, -0.2) is 35.6 Å². The maximum Gasteiger partial charge on any atom is 0.415 e. The van der Waals surface area contributed by atoms with Crippen LogP contribution in [0.2, 0.25) is 0 Å². The molecule has 2 rings (SSSR count). The van der Waals surface area contributed by atoms with Crippen LogP contribution in [0.25, 0.3) is 0 Å². The van der Waals surface area contributed by atoms with Crippen molar-refractivity contribution in [3.8, 4) is 0 Å². The number of anilines is 1. The Labute approximate surface area is 162 Å². The lowest BCUT2D eigenvalue weighted by atomic mass is 10.0. The van der Waals surface area contributed by atoms with Crippen LogP contribution in [0.3, 0.4) is 0 Å². The van der Waals surface area contributed by atoms with E-state index in [9.17, 15) is 22.8 Å². The zero-order valence-electron chi connectivity index (χ0n) is 16.7. The van der Waals surface area contributed by atoms with E-state index in [1.165, 1.54) is 24.3 Å². The molecule has 0 fully saturated rings. The third-order valence-electron chi connectivity index (χ3n) is 3.72. The summed E-state index contributed by atoms with van der Waals surface area (Å²) in [6.07, 6.45) is -6.97. The molecule has 0 bridgehead atoms. The van der Waals surface area contributed by atoms with E-state index >= 15 is 0 Å². The predicted molar refractivity (Wildman–Crippen MR) is 97.1 cm³/mol. The number of para-hydroxylation sites is 1. The molecule has 1 aromatic carbocycles. The van der Waals surface area contributed by atoms with Crippen LogP contribution in [0.1, 0.15) is 53.1 Å². The summed E-state index contributed by atoms with van der Waals surface area (Å²) < 4.78 is 52.2. The number of nitrogens with one attached hydrogen (secondary N) is 1. The Morgan fingerprint density at radius 3 is 2.00 bits per heavy atom. The fourth-order valence-corrected chi connectivity index (χ4v) is 2.89.